The number of fused-ring (bicyclic) bond motifs is 1. The maximum atomic E-state index is 6.32. The third kappa shape index (κ3) is 4.27. The zero-order valence-corrected chi connectivity index (χ0v) is 16.5. The molecule has 3 heterocycles. The zero-order chi connectivity index (χ0) is 16.4. The molecule has 2 aromatic heterocycles. The molecule has 1 aliphatic rings. The minimum Gasteiger partial charge on any atom is -0.314 e. The van der Waals surface area contributed by atoms with Crippen LogP contribution in [0.2, 0.25) is 5.02 Å². The topological polar surface area (TPSA) is 41.0 Å². The Morgan fingerprint density at radius 2 is 1.96 bits per heavy atom. The molecule has 0 radical (unpaired) electrons. The normalized spacial score (nSPS) is 17.3. The highest BCUT2D eigenvalue weighted by molar-refractivity contribution is 6.35. The average molecular weight is 412 g/mol. The lowest BCUT2D eigenvalue weighted by molar-refractivity contribution is 0.154. The van der Waals surface area contributed by atoms with Crippen LogP contribution in [0, 0.1) is 0 Å². The number of nitrogens with zero attached hydrogens (tertiary/aromatic N) is 3. The second-order valence-electron chi connectivity index (χ2n) is 6.08. The van der Waals surface area contributed by atoms with Gasteiger partial charge in [0.2, 0.25) is 0 Å². The molecule has 0 bridgehead atoms. The van der Waals surface area contributed by atoms with E-state index in [4.69, 9.17) is 11.6 Å². The highest BCUT2D eigenvalue weighted by atomic mass is 35.5. The molecular formula is C19H21Cl3N4. The van der Waals surface area contributed by atoms with Gasteiger partial charge in [-0.15, -0.1) is 24.8 Å². The van der Waals surface area contributed by atoms with Crippen LogP contribution in [0.1, 0.15) is 17.2 Å². The van der Waals surface area contributed by atoms with Crippen molar-refractivity contribution in [2.75, 3.05) is 19.6 Å². The number of benzene rings is 1. The Hall–Kier alpha value is -1.43. The maximum Gasteiger partial charge on any atom is 0.0761 e. The molecule has 7 heteroatoms. The van der Waals surface area contributed by atoms with Crippen LogP contribution in [0.15, 0.2) is 55.0 Å². The molecule has 0 saturated carbocycles. The Morgan fingerprint density at radius 3 is 2.77 bits per heavy atom. The lowest BCUT2D eigenvalue weighted by atomic mass is 10.0. The Labute approximate surface area is 170 Å². The van der Waals surface area contributed by atoms with Crippen LogP contribution >= 0.6 is 36.4 Å². The molecule has 0 aliphatic carbocycles. The molecule has 1 aliphatic heterocycles. The van der Waals surface area contributed by atoms with Crippen LogP contribution in [-0.4, -0.2) is 34.5 Å². The first-order chi connectivity index (χ1) is 11.8. The summed E-state index contributed by atoms with van der Waals surface area (Å²) in [7, 11) is 0. The number of piperazine rings is 1. The molecule has 1 unspecified atom stereocenters. The molecule has 1 N–H and O–H groups in total. The lowest BCUT2D eigenvalue weighted by Gasteiger charge is -2.36. The van der Waals surface area contributed by atoms with Crippen LogP contribution in [0.5, 0.6) is 0 Å². The highest BCUT2D eigenvalue weighted by Crippen LogP contribution is 2.28. The van der Waals surface area contributed by atoms with E-state index >= 15 is 0 Å². The summed E-state index contributed by atoms with van der Waals surface area (Å²) in [5.74, 6) is 0. The second kappa shape index (κ2) is 9.49. The van der Waals surface area contributed by atoms with Crippen molar-refractivity contribution in [3.63, 3.8) is 0 Å². The summed E-state index contributed by atoms with van der Waals surface area (Å²) >= 11 is 6.32. The van der Waals surface area contributed by atoms with Crippen molar-refractivity contribution in [1.29, 1.82) is 0 Å². The first-order valence-electron chi connectivity index (χ1n) is 8.20. The minimum atomic E-state index is 0. The average Bonchev–Trinajstić information content (AvgIpc) is 2.65. The first-order valence-corrected chi connectivity index (χ1v) is 8.57. The van der Waals surface area contributed by atoms with Crippen LogP contribution in [0.4, 0.5) is 0 Å². The number of hydrogen-bond donors (Lipinski definition) is 1. The number of halogens is 3. The van der Waals surface area contributed by atoms with E-state index in [1.807, 2.05) is 42.9 Å². The van der Waals surface area contributed by atoms with E-state index < -0.39 is 0 Å². The SMILES string of the molecule is Cl.Cl.Clc1ccc(CN2CCNCC2c2cccnc2)c2ncccc12. The van der Waals surface area contributed by atoms with Crippen molar-refractivity contribution in [3.8, 4) is 0 Å². The number of pyridine rings is 2. The van der Waals surface area contributed by atoms with E-state index in [1.165, 1.54) is 11.1 Å². The van der Waals surface area contributed by atoms with Crippen molar-refractivity contribution >= 4 is 47.3 Å². The number of aromatic nitrogens is 2. The van der Waals surface area contributed by atoms with Gasteiger partial charge in [0.15, 0.2) is 0 Å². The standard InChI is InChI=1S/C19H19ClN4.2ClH/c20-17-6-5-15(19-16(17)4-2-8-23-19)13-24-10-9-22-12-18(24)14-3-1-7-21-11-14;;/h1-8,11,18,22H,9-10,12-13H2;2*1H. The second-order valence-corrected chi connectivity index (χ2v) is 6.49. The summed E-state index contributed by atoms with van der Waals surface area (Å²) in [6, 6.07) is 12.5. The summed E-state index contributed by atoms with van der Waals surface area (Å²) < 4.78 is 0. The summed E-state index contributed by atoms with van der Waals surface area (Å²) in [5, 5.41) is 5.26. The van der Waals surface area contributed by atoms with Gasteiger partial charge in [-0.1, -0.05) is 23.7 Å². The lowest BCUT2D eigenvalue weighted by Crippen LogP contribution is -2.45. The quantitative estimate of drug-likeness (QED) is 0.698. The molecule has 0 amide bonds. The molecule has 1 saturated heterocycles. The third-order valence-electron chi connectivity index (χ3n) is 4.60. The molecule has 138 valence electrons. The fraction of sp³-hybridized carbons (Fsp3) is 0.263. The highest BCUT2D eigenvalue weighted by Gasteiger charge is 2.24. The van der Waals surface area contributed by atoms with E-state index in [2.05, 4.69) is 32.3 Å². The number of hydrogen-bond acceptors (Lipinski definition) is 4. The van der Waals surface area contributed by atoms with Crippen molar-refractivity contribution in [2.45, 2.75) is 12.6 Å². The Balaban J connectivity index is 0.00000121. The Morgan fingerprint density at radius 1 is 1.12 bits per heavy atom. The van der Waals surface area contributed by atoms with E-state index in [0.29, 0.717) is 6.04 Å². The summed E-state index contributed by atoms with van der Waals surface area (Å²) in [5.41, 5.74) is 3.45. The van der Waals surface area contributed by atoms with E-state index in [-0.39, 0.29) is 24.8 Å². The monoisotopic (exact) mass is 410 g/mol. The van der Waals surface area contributed by atoms with Gasteiger partial charge in [0.1, 0.15) is 0 Å². The van der Waals surface area contributed by atoms with Gasteiger partial charge in [-0.05, 0) is 35.4 Å². The molecular weight excluding hydrogens is 391 g/mol. The van der Waals surface area contributed by atoms with Crippen molar-refractivity contribution in [3.05, 3.63) is 71.1 Å². The summed E-state index contributed by atoms with van der Waals surface area (Å²) in [6.45, 7) is 3.78. The van der Waals surface area contributed by atoms with Crippen LogP contribution in [-0.2, 0) is 6.54 Å². The van der Waals surface area contributed by atoms with Gasteiger partial charge in [0.25, 0.3) is 0 Å². The molecule has 3 aromatic rings. The maximum absolute atomic E-state index is 6.32. The third-order valence-corrected chi connectivity index (χ3v) is 4.93. The van der Waals surface area contributed by atoms with Gasteiger partial charge in [0.05, 0.1) is 5.52 Å². The molecule has 26 heavy (non-hydrogen) atoms. The first kappa shape index (κ1) is 20.9. The largest absolute Gasteiger partial charge is 0.314 e. The van der Waals surface area contributed by atoms with E-state index in [0.717, 1.165) is 42.1 Å². The predicted octanol–water partition coefficient (Wildman–Crippen LogP) is 4.27. The fourth-order valence-electron chi connectivity index (χ4n) is 3.38. The fourth-order valence-corrected chi connectivity index (χ4v) is 3.60. The van der Waals surface area contributed by atoms with Crippen LogP contribution in [0.25, 0.3) is 10.9 Å². The number of rotatable bonds is 3. The van der Waals surface area contributed by atoms with E-state index in [9.17, 15) is 0 Å². The van der Waals surface area contributed by atoms with Gasteiger partial charge >= 0.3 is 0 Å². The minimum absolute atomic E-state index is 0. The van der Waals surface area contributed by atoms with Gasteiger partial charge in [-0.3, -0.25) is 14.9 Å². The Bertz CT molecular complexity index is 845. The molecule has 1 aromatic carbocycles. The van der Waals surface area contributed by atoms with Crippen LogP contribution < -0.4 is 5.32 Å². The summed E-state index contributed by atoms with van der Waals surface area (Å²) in [4.78, 5) is 11.3. The molecule has 1 fully saturated rings. The molecule has 4 nitrogen and oxygen atoms in total. The van der Waals surface area contributed by atoms with Crippen LogP contribution in [0.3, 0.4) is 0 Å². The molecule has 1 atom stereocenters. The number of nitrogens with one attached hydrogen (secondary N) is 1. The van der Waals surface area contributed by atoms with Crippen molar-refractivity contribution in [2.24, 2.45) is 0 Å². The smallest absolute Gasteiger partial charge is 0.0761 e. The van der Waals surface area contributed by atoms with Crippen molar-refractivity contribution in [1.82, 2.24) is 20.2 Å². The van der Waals surface area contributed by atoms with Gasteiger partial charge < -0.3 is 5.32 Å². The van der Waals surface area contributed by atoms with E-state index in [1.54, 1.807) is 0 Å². The predicted molar refractivity (Wildman–Crippen MR) is 112 cm³/mol. The van der Waals surface area contributed by atoms with Gasteiger partial charge in [-0.2, -0.15) is 0 Å². The van der Waals surface area contributed by atoms with Gasteiger partial charge in [0, 0.05) is 61.2 Å². The molecule has 4 rings (SSSR count). The Kier molecular flexibility index (Phi) is 7.62. The summed E-state index contributed by atoms with van der Waals surface area (Å²) in [6.07, 6.45) is 5.61. The zero-order valence-electron chi connectivity index (χ0n) is 14.1. The van der Waals surface area contributed by atoms with Gasteiger partial charge in [-0.25, -0.2) is 0 Å². The molecule has 0 spiro atoms. The van der Waals surface area contributed by atoms with Crippen molar-refractivity contribution < 1.29 is 0 Å².